The first-order valence-electron chi connectivity index (χ1n) is 5.30. The second-order valence-corrected chi connectivity index (χ2v) is 5.14. The fourth-order valence-electron chi connectivity index (χ4n) is 1.77. The largest absolute Gasteiger partial charge is 0.368 e. The number of piperazine rings is 1. The molecule has 1 atom stereocenters. The van der Waals surface area contributed by atoms with Crippen LogP contribution in [0.2, 0.25) is 0 Å². The van der Waals surface area contributed by atoms with E-state index in [9.17, 15) is 4.79 Å². The Morgan fingerprint density at radius 1 is 1.62 bits per heavy atom. The summed E-state index contributed by atoms with van der Waals surface area (Å²) in [6, 6.07) is -0.279. The van der Waals surface area contributed by atoms with Gasteiger partial charge >= 0.3 is 0 Å². The molecule has 6 heteroatoms. The van der Waals surface area contributed by atoms with Gasteiger partial charge in [0.1, 0.15) is 6.04 Å². The van der Waals surface area contributed by atoms with E-state index in [1.54, 1.807) is 11.3 Å². The van der Waals surface area contributed by atoms with E-state index in [4.69, 9.17) is 5.73 Å². The number of aromatic nitrogens is 1. The van der Waals surface area contributed by atoms with Crippen LogP contribution in [-0.4, -0.2) is 36.6 Å². The summed E-state index contributed by atoms with van der Waals surface area (Å²) in [6.07, 6.45) is 0. The molecular formula is C10H16N4OS. The Balaban J connectivity index is 2.26. The number of carbonyl (C=O) groups excluding carboxylic acids is 1. The lowest BCUT2D eigenvalue weighted by Gasteiger charge is -2.33. The number of nitrogens with zero attached hydrogens (tertiary/aromatic N) is 2. The van der Waals surface area contributed by atoms with Crippen LogP contribution in [0.15, 0.2) is 0 Å². The van der Waals surface area contributed by atoms with Gasteiger partial charge in [0.15, 0.2) is 5.13 Å². The molecule has 0 spiro atoms. The SMILES string of the molecule is Cc1nc(N2CCNCC2C(N)=O)sc1C. The van der Waals surface area contributed by atoms with Crippen LogP contribution >= 0.6 is 11.3 Å². The van der Waals surface area contributed by atoms with Crippen molar-refractivity contribution in [2.24, 2.45) is 5.73 Å². The van der Waals surface area contributed by atoms with E-state index in [2.05, 4.69) is 10.3 Å². The number of amides is 1. The molecule has 1 amide bonds. The van der Waals surface area contributed by atoms with Gasteiger partial charge < -0.3 is 16.0 Å². The predicted octanol–water partition coefficient (Wildman–Crippen LogP) is 0.0234. The van der Waals surface area contributed by atoms with Crippen LogP contribution in [0.5, 0.6) is 0 Å². The van der Waals surface area contributed by atoms with Crippen molar-refractivity contribution in [3.8, 4) is 0 Å². The second-order valence-electron chi connectivity index (χ2n) is 3.95. The van der Waals surface area contributed by atoms with Crippen molar-refractivity contribution < 1.29 is 4.79 Å². The van der Waals surface area contributed by atoms with Gasteiger partial charge in [-0.1, -0.05) is 0 Å². The number of carbonyl (C=O) groups is 1. The van der Waals surface area contributed by atoms with Crippen LogP contribution in [0.4, 0.5) is 5.13 Å². The van der Waals surface area contributed by atoms with Gasteiger partial charge in [0, 0.05) is 24.5 Å². The highest BCUT2D eigenvalue weighted by Crippen LogP contribution is 2.27. The van der Waals surface area contributed by atoms with Crippen molar-refractivity contribution in [3.05, 3.63) is 10.6 Å². The number of hydrogen-bond donors (Lipinski definition) is 2. The Morgan fingerprint density at radius 2 is 2.38 bits per heavy atom. The maximum atomic E-state index is 11.3. The number of anilines is 1. The summed E-state index contributed by atoms with van der Waals surface area (Å²) in [4.78, 5) is 19.0. The van der Waals surface area contributed by atoms with Gasteiger partial charge in [-0.3, -0.25) is 4.79 Å². The Hall–Kier alpha value is -1.14. The molecule has 88 valence electrons. The lowest BCUT2D eigenvalue weighted by molar-refractivity contribution is -0.119. The molecule has 2 rings (SSSR count). The molecule has 0 bridgehead atoms. The first-order valence-corrected chi connectivity index (χ1v) is 6.12. The number of hydrogen-bond acceptors (Lipinski definition) is 5. The van der Waals surface area contributed by atoms with Crippen molar-refractivity contribution >= 4 is 22.4 Å². The molecule has 0 aliphatic carbocycles. The van der Waals surface area contributed by atoms with Gasteiger partial charge in [-0.2, -0.15) is 0 Å². The zero-order valence-corrected chi connectivity index (χ0v) is 10.3. The van der Waals surface area contributed by atoms with Crippen molar-refractivity contribution in [1.82, 2.24) is 10.3 Å². The van der Waals surface area contributed by atoms with Crippen molar-refractivity contribution in [2.45, 2.75) is 19.9 Å². The Morgan fingerprint density at radius 3 is 2.94 bits per heavy atom. The van der Waals surface area contributed by atoms with E-state index >= 15 is 0 Å². The van der Waals surface area contributed by atoms with Gasteiger partial charge in [0.05, 0.1) is 5.69 Å². The number of aryl methyl sites for hydroxylation is 2. The topological polar surface area (TPSA) is 71.2 Å². The maximum Gasteiger partial charge on any atom is 0.241 e. The molecule has 0 aromatic carbocycles. The molecule has 1 aromatic rings. The lowest BCUT2D eigenvalue weighted by Crippen LogP contribution is -2.57. The standard InChI is InChI=1S/C10H16N4OS/c1-6-7(2)16-10(13-6)14-4-3-12-5-8(14)9(11)15/h8,12H,3-5H2,1-2H3,(H2,11,15). The van der Waals surface area contributed by atoms with Gasteiger partial charge in [-0.25, -0.2) is 4.98 Å². The molecule has 1 saturated heterocycles. The van der Waals surface area contributed by atoms with E-state index in [-0.39, 0.29) is 11.9 Å². The third-order valence-corrected chi connectivity index (χ3v) is 3.94. The molecule has 2 heterocycles. The van der Waals surface area contributed by atoms with Crippen LogP contribution in [0.25, 0.3) is 0 Å². The molecule has 16 heavy (non-hydrogen) atoms. The van der Waals surface area contributed by atoms with Crippen molar-refractivity contribution in [1.29, 1.82) is 0 Å². The molecule has 1 aromatic heterocycles. The van der Waals surface area contributed by atoms with Gasteiger partial charge in [0.25, 0.3) is 0 Å². The van der Waals surface area contributed by atoms with Gasteiger partial charge in [0.2, 0.25) is 5.91 Å². The molecule has 1 unspecified atom stereocenters. The van der Waals surface area contributed by atoms with E-state index in [1.807, 2.05) is 18.7 Å². The van der Waals surface area contributed by atoms with Crippen LogP contribution in [-0.2, 0) is 4.79 Å². The summed E-state index contributed by atoms with van der Waals surface area (Å²) < 4.78 is 0. The van der Waals surface area contributed by atoms with Crippen molar-refractivity contribution in [2.75, 3.05) is 24.5 Å². The third-order valence-electron chi connectivity index (χ3n) is 2.83. The van der Waals surface area contributed by atoms with Gasteiger partial charge in [-0.15, -0.1) is 11.3 Å². The Labute approximate surface area is 98.7 Å². The normalized spacial score (nSPS) is 21.1. The number of nitrogens with one attached hydrogen (secondary N) is 1. The number of thiazole rings is 1. The fourth-order valence-corrected chi connectivity index (χ4v) is 2.75. The Kier molecular flexibility index (Phi) is 3.11. The van der Waals surface area contributed by atoms with Crippen LogP contribution < -0.4 is 16.0 Å². The summed E-state index contributed by atoms with van der Waals surface area (Å²) in [5, 5.41) is 4.07. The maximum absolute atomic E-state index is 11.3. The zero-order chi connectivity index (χ0) is 11.7. The third kappa shape index (κ3) is 2.03. The monoisotopic (exact) mass is 240 g/mol. The second kappa shape index (κ2) is 4.39. The average Bonchev–Trinajstić information content (AvgIpc) is 2.59. The summed E-state index contributed by atoms with van der Waals surface area (Å²) in [6.45, 7) is 6.27. The average molecular weight is 240 g/mol. The first kappa shape index (κ1) is 11.3. The molecule has 1 aliphatic rings. The minimum atomic E-state index is -0.294. The van der Waals surface area contributed by atoms with E-state index in [0.29, 0.717) is 6.54 Å². The highest BCUT2D eigenvalue weighted by atomic mass is 32.1. The first-order chi connectivity index (χ1) is 7.59. The molecule has 5 nitrogen and oxygen atoms in total. The summed E-state index contributed by atoms with van der Waals surface area (Å²) >= 11 is 1.62. The van der Waals surface area contributed by atoms with Crippen molar-refractivity contribution in [3.63, 3.8) is 0 Å². The highest BCUT2D eigenvalue weighted by Gasteiger charge is 2.28. The number of primary amides is 1. The lowest BCUT2D eigenvalue weighted by atomic mass is 10.2. The Bertz CT molecular complexity index is 384. The summed E-state index contributed by atoms with van der Waals surface area (Å²) in [7, 11) is 0. The summed E-state index contributed by atoms with van der Waals surface area (Å²) in [5.41, 5.74) is 6.43. The number of rotatable bonds is 2. The molecule has 0 radical (unpaired) electrons. The van der Waals surface area contributed by atoms with Crippen LogP contribution in [0.1, 0.15) is 10.6 Å². The molecule has 0 saturated carbocycles. The van der Waals surface area contributed by atoms with Crippen LogP contribution in [0, 0.1) is 13.8 Å². The van der Waals surface area contributed by atoms with Gasteiger partial charge in [-0.05, 0) is 13.8 Å². The molecule has 3 N–H and O–H groups in total. The molecule has 1 fully saturated rings. The highest BCUT2D eigenvalue weighted by molar-refractivity contribution is 7.15. The zero-order valence-electron chi connectivity index (χ0n) is 9.49. The fraction of sp³-hybridized carbons (Fsp3) is 0.600. The van der Waals surface area contributed by atoms with E-state index in [1.165, 1.54) is 4.88 Å². The smallest absolute Gasteiger partial charge is 0.241 e. The van der Waals surface area contributed by atoms with E-state index < -0.39 is 0 Å². The minimum Gasteiger partial charge on any atom is -0.368 e. The minimum absolute atomic E-state index is 0.279. The number of nitrogens with two attached hydrogens (primary N) is 1. The van der Waals surface area contributed by atoms with Crippen LogP contribution in [0.3, 0.4) is 0 Å². The predicted molar refractivity (Wildman–Crippen MR) is 64.8 cm³/mol. The quantitative estimate of drug-likeness (QED) is 0.764. The molecule has 1 aliphatic heterocycles. The summed E-state index contributed by atoms with van der Waals surface area (Å²) in [5.74, 6) is -0.294. The van der Waals surface area contributed by atoms with E-state index in [0.717, 1.165) is 23.9 Å². The molecular weight excluding hydrogens is 224 g/mol.